The number of rotatable bonds is 5. The lowest BCUT2D eigenvalue weighted by Crippen LogP contribution is -2.55. The Kier molecular flexibility index (Phi) is 7.87. The second-order valence-corrected chi connectivity index (χ2v) is 7.62. The Labute approximate surface area is 180 Å². The molecule has 5 atom stereocenters. The zero-order valence-electron chi connectivity index (χ0n) is 16.5. The average Bonchev–Trinajstić information content (AvgIpc) is 2.75. The van der Waals surface area contributed by atoms with E-state index in [9.17, 15) is 20.4 Å². The average molecular weight is 433 g/mol. The minimum Gasteiger partial charge on any atom is -0.394 e. The Morgan fingerprint density at radius 2 is 1.77 bits per heavy atom. The van der Waals surface area contributed by atoms with Gasteiger partial charge < -0.3 is 29.9 Å². The summed E-state index contributed by atoms with van der Waals surface area (Å²) in [6.45, 7) is -0.0936. The fraction of sp³-hybridized carbons (Fsp3) is 0.391. The lowest BCUT2D eigenvalue weighted by atomic mass is 9.90. The molecule has 0 aromatic heterocycles. The van der Waals surface area contributed by atoms with Gasteiger partial charge in [0.2, 0.25) is 0 Å². The van der Waals surface area contributed by atoms with E-state index in [0.29, 0.717) is 23.6 Å². The third kappa shape index (κ3) is 5.20. The Hall–Kier alpha value is -1.95. The summed E-state index contributed by atoms with van der Waals surface area (Å²) in [5.41, 5.74) is 3.34. The van der Waals surface area contributed by atoms with Crippen LogP contribution in [0.25, 0.3) is 0 Å². The van der Waals surface area contributed by atoms with Gasteiger partial charge in [-0.1, -0.05) is 47.7 Å². The molecule has 2 aromatic rings. The van der Waals surface area contributed by atoms with Crippen molar-refractivity contribution in [3.8, 4) is 11.8 Å². The van der Waals surface area contributed by atoms with Crippen LogP contribution < -0.4 is 0 Å². The van der Waals surface area contributed by atoms with Gasteiger partial charge in [0.25, 0.3) is 0 Å². The molecule has 30 heavy (non-hydrogen) atoms. The summed E-state index contributed by atoms with van der Waals surface area (Å²) in [6.07, 6.45) is -5.45. The summed E-state index contributed by atoms with van der Waals surface area (Å²) < 4.78 is 10.6. The number of ether oxygens (including phenoxy) is 2. The zero-order valence-corrected chi connectivity index (χ0v) is 17.3. The highest BCUT2D eigenvalue weighted by Crippen LogP contribution is 2.34. The molecule has 0 aliphatic carbocycles. The molecule has 1 heterocycles. The molecule has 1 aliphatic heterocycles. The third-order valence-corrected chi connectivity index (χ3v) is 5.46. The maximum Gasteiger partial charge on any atom is 0.113 e. The van der Waals surface area contributed by atoms with Gasteiger partial charge in [0.1, 0.15) is 37.1 Å². The number of aliphatic hydroxyl groups is 4. The van der Waals surface area contributed by atoms with E-state index in [1.807, 2.05) is 24.3 Å². The Morgan fingerprint density at radius 1 is 1.03 bits per heavy atom. The fourth-order valence-corrected chi connectivity index (χ4v) is 3.60. The molecule has 0 saturated carbocycles. The topological polar surface area (TPSA) is 99.4 Å². The van der Waals surface area contributed by atoms with Crippen LogP contribution in [0.4, 0.5) is 0 Å². The highest BCUT2D eigenvalue weighted by atomic mass is 35.5. The van der Waals surface area contributed by atoms with Gasteiger partial charge in [0.05, 0.1) is 6.61 Å². The molecule has 1 fully saturated rings. The maximum atomic E-state index is 10.4. The first-order valence-electron chi connectivity index (χ1n) is 9.60. The number of hydrogen-bond acceptors (Lipinski definition) is 6. The maximum absolute atomic E-state index is 10.4. The zero-order chi connectivity index (χ0) is 21.7. The van der Waals surface area contributed by atoms with Crippen molar-refractivity contribution < 1.29 is 29.9 Å². The minimum atomic E-state index is -1.42. The molecule has 0 spiro atoms. The summed E-state index contributed by atoms with van der Waals surface area (Å²) in [7, 11) is 1.60. The largest absolute Gasteiger partial charge is 0.394 e. The monoisotopic (exact) mass is 432 g/mol. The van der Waals surface area contributed by atoms with Crippen LogP contribution in [0, 0.1) is 11.8 Å². The molecule has 0 bridgehead atoms. The van der Waals surface area contributed by atoms with E-state index in [1.165, 1.54) is 0 Å². The summed E-state index contributed by atoms with van der Waals surface area (Å²) in [5, 5.41) is 40.4. The van der Waals surface area contributed by atoms with Crippen LogP contribution in [0.5, 0.6) is 0 Å². The fourth-order valence-electron chi connectivity index (χ4n) is 3.42. The van der Waals surface area contributed by atoms with Crippen molar-refractivity contribution >= 4 is 11.6 Å². The molecule has 1 saturated heterocycles. The predicted molar refractivity (Wildman–Crippen MR) is 112 cm³/mol. The van der Waals surface area contributed by atoms with Gasteiger partial charge >= 0.3 is 0 Å². The van der Waals surface area contributed by atoms with Gasteiger partial charge in [-0.05, 0) is 41.3 Å². The molecule has 2 unspecified atom stereocenters. The van der Waals surface area contributed by atoms with Crippen LogP contribution in [0.15, 0.2) is 42.5 Å². The second-order valence-electron chi connectivity index (χ2n) is 7.21. The van der Waals surface area contributed by atoms with Crippen molar-refractivity contribution in [2.24, 2.45) is 0 Å². The highest BCUT2D eigenvalue weighted by molar-refractivity contribution is 6.31. The first-order valence-corrected chi connectivity index (χ1v) is 9.98. The molecular formula is C23H25ClO6. The summed E-state index contributed by atoms with van der Waals surface area (Å²) in [4.78, 5) is 0. The van der Waals surface area contributed by atoms with Gasteiger partial charge in [-0.25, -0.2) is 0 Å². The molecule has 0 amide bonds. The van der Waals surface area contributed by atoms with Crippen molar-refractivity contribution in [2.45, 2.75) is 36.9 Å². The molecule has 6 nitrogen and oxygen atoms in total. The molecule has 1 aliphatic rings. The third-order valence-electron chi connectivity index (χ3n) is 5.09. The van der Waals surface area contributed by atoms with E-state index in [1.54, 1.807) is 25.3 Å². The number of aliphatic hydroxyl groups excluding tert-OH is 4. The van der Waals surface area contributed by atoms with Gasteiger partial charge in [-0.2, -0.15) is 0 Å². The van der Waals surface area contributed by atoms with Crippen molar-refractivity contribution in [2.75, 3.05) is 20.3 Å². The van der Waals surface area contributed by atoms with Crippen LogP contribution >= 0.6 is 11.6 Å². The summed E-state index contributed by atoms with van der Waals surface area (Å²) >= 11 is 6.38. The molecule has 160 valence electrons. The first kappa shape index (κ1) is 22.7. The predicted octanol–water partition coefficient (Wildman–Crippen LogP) is 1.44. The van der Waals surface area contributed by atoms with E-state index >= 15 is 0 Å². The summed E-state index contributed by atoms with van der Waals surface area (Å²) in [5.74, 6) is 5.92. The molecule has 4 N–H and O–H groups in total. The van der Waals surface area contributed by atoms with E-state index in [4.69, 9.17) is 21.1 Å². The van der Waals surface area contributed by atoms with E-state index in [2.05, 4.69) is 11.8 Å². The Balaban J connectivity index is 1.79. The SMILES string of the molecule is COCC#Cc1ccc(Cc2cc(C3O[C@H](CO)[C@@H](O)C(O)[C@H]3O)ccc2Cl)cc1. The van der Waals surface area contributed by atoms with Crippen LogP contribution in [0.1, 0.15) is 28.4 Å². The van der Waals surface area contributed by atoms with Gasteiger partial charge in [0.15, 0.2) is 0 Å². The van der Waals surface area contributed by atoms with Crippen LogP contribution in [-0.4, -0.2) is 65.2 Å². The number of halogens is 1. The van der Waals surface area contributed by atoms with Crippen LogP contribution in [0.3, 0.4) is 0 Å². The lowest BCUT2D eigenvalue weighted by molar-refractivity contribution is -0.231. The van der Waals surface area contributed by atoms with Gasteiger partial charge in [-0.15, -0.1) is 0 Å². The minimum absolute atomic E-state index is 0.377. The smallest absolute Gasteiger partial charge is 0.113 e. The standard InChI is InChI=1S/C23H25ClO6/c1-29-10-2-3-14-4-6-15(7-5-14)11-17-12-16(8-9-18(17)24)23-22(28)21(27)20(26)19(13-25)30-23/h4-9,12,19-23,25-28H,10-11,13H2,1H3/t19-,20-,21?,22-,23?/m1/s1. The number of methoxy groups -OCH3 is 1. The summed E-state index contributed by atoms with van der Waals surface area (Å²) in [6, 6.07) is 13.0. The molecule has 3 rings (SSSR count). The van der Waals surface area contributed by atoms with Crippen molar-refractivity contribution in [1.29, 1.82) is 0 Å². The quantitative estimate of drug-likeness (QED) is 0.534. The van der Waals surface area contributed by atoms with Gasteiger partial charge in [-0.3, -0.25) is 0 Å². The molecule has 7 heteroatoms. The molecule has 0 radical (unpaired) electrons. The molecule has 2 aromatic carbocycles. The normalized spacial score (nSPS) is 26.1. The second kappa shape index (κ2) is 10.4. The van der Waals surface area contributed by atoms with E-state index in [-0.39, 0.29) is 0 Å². The Morgan fingerprint density at radius 3 is 2.43 bits per heavy atom. The first-order chi connectivity index (χ1) is 14.4. The van der Waals surface area contributed by atoms with Gasteiger partial charge in [0, 0.05) is 17.7 Å². The van der Waals surface area contributed by atoms with Crippen molar-refractivity contribution in [3.05, 3.63) is 69.7 Å². The van der Waals surface area contributed by atoms with Crippen LogP contribution in [-0.2, 0) is 15.9 Å². The number of benzene rings is 2. The van der Waals surface area contributed by atoms with Crippen molar-refractivity contribution in [1.82, 2.24) is 0 Å². The van der Waals surface area contributed by atoms with Crippen molar-refractivity contribution in [3.63, 3.8) is 0 Å². The number of hydrogen-bond donors (Lipinski definition) is 4. The van der Waals surface area contributed by atoms with E-state index in [0.717, 1.165) is 16.7 Å². The van der Waals surface area contributed by atoms with Crippen LogP contribution in [0.2, 0.25) is 5.02 Å². The Bertz CT molecular complexity index is 902. The highest BCUT2D eigenvalue weighted by Gasteiger charge is 2.43. The lowest BCUT2D eigenvalue weighted by Gasteiger charge is -2.40. The van der Waals surface area contributed by atoms with E-state index < -0.39 is 37.1 Å². The molecular weight excluding hydrogens is 408 g/mol.